The van der Waals surface area contributed by atoms with Gasteiger partial charge in [-0.3, -0.25) is 10.1 Å². The summed E-state index contributed by atoms with van der Waals surface area (Å²) >= 11 is 6.84. The zero-order valence-electron chi connectivity index (χ0n) is 16.5. The van der Waals surface area contributed by atoms with Crippen LogP contribution in [0.25, 0.3) is 0 Å². The molecule has 1 amide bonds. The van der Waals surface area contributed by atoms with Crippen LogP contribution in [0.2, 0.25) is 0 Å². The molecular weight excluding hydrogens is 424 g/mol. The predicted molar refractivity (Wildman–Crippen MR) is 118 cm³/mol. The number of amides is 1. The Morgan fingerprint density at radius 3 is 2.73 bits per heavy atom. The van der Waals surface area contributed by atoms with Crippen LogP contribution >= 0.6 is 23.6 Å². The quantitative estimate of drug-likeness (QED) is 0.547. The topological polar surface area (TPSA) is 85.9 Å². The van der Waals surface area contributed by atoms with Crippen molar-refractivity contribution in [2.75, 3.05) is 25.1 Å². The molecule has 9 heteroatoms. The minimum absolute atomic E-state index is 0.124. The zero-order chi connectivity index (χ0) is 21.1. The van der Waals surface area contributed by atoms with Crippen molar-refractivity contribution in [1.82, 2.24) is 5.32 Å². The largest absolute Gasteiger partial charge is 0.486 e. The van der Waals surface area contributed by atoms with Gasteiger partial charge in [-0.05, 0) is 68.6 Å². The number of aryl methyl sites for hydroxylation is 1. The van der Waals surface area contributed by atoms with Crippen molar-refractivity contribution in [3.8, 4) is 11.5 Å². The molecule has 7 nitrogen and oxygen atoms in total. The van der Waals surface area contributed by atoms with E-state index in [1.807, 2.05) is 0 Å². The van der Waals surface area contributed by atoms with Crippen LogP contribution in [-0.2, 0) is 17.6 Å². The second-order valence-corrected chi connectivity index (χ2v) is 8.42. The first-order valence-corrected chi connectivity index (χ1v) is 11.1. The maximum atomic E-state index is 12.6. The number of hydrogen-bond donors (Lipinski definition) is 2. The molecule has 4 rings (SSSR count). The Kier molecular flexibility index (Phi) is 6.19. The van der Waals surface area contributed by atoms with Gasteiger partial charge in [0.2, 0.25) is 0 Å². The van der Waals surface area contributed by atoms with Crippen LogP contribution in [0.15, 0.2) is 18.2 Å². The lowest BCUT2D eigenvalue weighted by atomic mass is 9.95. The average Bonchev–Trinajstić information content (AvgIpc) is 3.11. The van der Waals surface area contributed by atoms with Gasteiger partial charge in [0.1, 0.15) is 18.2 Å². The van der Waals surface area contributed by atoms with E-state index in [0.717, 1.165) is 31.2 Å². The Hall–Kier alpha value is -2.65. The summed E-state index contributed by atoms with van der Waals surface area (Å²) < 4.78 is 16.2. The third-order valence-corrected chi connectivity index (χ3v) is 6.32. The van der Waals surface area contributed by atoms with Crippen LogP contribution in [0.4, 0.5) is 5.00 Å². The highest BCUT2D eigenvalue weighted by Crippen LogP contribution is 2.38. The Labute approximate surface area is 183 Å². The van der Waals surface area contributed by atoms with E-state index in [-0.39, 0.29) is 17.0 Å². The Bertz CT molecular complexity index is 1000. The molecule has 2 heterocycles. The minimum atomic E-state index is -0.372. The van der Waals surface area contributed by atoms with Gasteiger partial charge in [-0.15, -0.1) is 11.3 Å². The third kappa shape index (κ3) is 4.27. The van der Waals surface area contributed by atoms with Gasteiger partial charge in [0.15, 0.2) is 16.6 Å². The first kappa shape index (κ1) is 20.6. The van der Waals surface area contributed by atoms with Crippen LogP contribution in [0, 0.1) is 0 Å². The summed E-state index contributed by atoms with van der Waals surface area (Å²) in [6.07, 6.45) is 3.92. The van der Waals surface area contributed by atoms with Gasteiger partial charge < -0.3 is 19.5 Å². The number of fused-ring (bicyclic) bond motifs is 2. The smallest absolute Gasteiger partial charge is 0.341 e. The van der Waals surface area contributed by atoms with E-state index < -0.39 is 0 Å². The molecule has 2 N–H and O–H groups in total. The fourth-order valence-electron chi connectivity index (χ4n) is 3.57. The lowest BCUT2D eigenvalue weighted by molar-refractivity contribution is 0.0526. The summed E-state index contributed by atoms with van der Waals surface area (Å²) in [5.74, 6) is 0.411. The molecule has 1 aromatic heterocycles. The Morgan fingerprint density at radius 2 is 1.93 bits per heavy atom. The number of carbonyl (C=O) groups excluding carboxylic acids is 2. The fourth-order valence-corrected chi connectivity index (χ4v) is 5.11. The summed E-state index contributed by atoms with van der Waals surface area (Å²) in [4.78, 5) is 26.3. The maximum Gasteiger partial charge on any atom is 0.341 e. The van der Waals surface area contributed by atoms with E-state index in [0.29, 0.717) is 47.4 Å². The maximum absolute atomic E-state index is 12.6. The lowest BCUT2D eigenvalue weighted by Crippen LogP contribution is -2.34. The van der Waals surface area contributed by atoms with Gasteiger partial charge in [-0.1, -0.05) is 0 Å². The number of hydrogen-bond acceptors (Lipinski definition) is 7. The van der Waals surface area contributed by atoms with Crippen molar-refractivity contribution < 1.29 is 23.8 Å². The molecule has 0 radical (unpaired) electrons. The molecule has 30 heavy (non-hydrogen) atoms. The normalized spacial score (nSPS) is 14.4. The van der Waals surface area contributed by atoms with Gasteiger partial charge in [0.05, 0.1) is 12.2 Å². The van der Waals surface area contributed by atoms with E-state index in [1.54, 1.807) is 25.1 Å². The highest BCUT2D eigenvalue weighted by Gasteiger charge is 2.27. The molecule has 2 aliphatic rings. The van der Waals surface area contributed by atoms with Gasteiger partial charge in [0.25, 0.3) is 5.91 Å². The minimum Gasteiger partial charge on any atom is -0.486 e. The van der Waals surface area contributed by atoms with Crippen LogP contribution < -0.4 is 20.1 Å². The molecule has 2 aromatic rings. The van der Waals surface area contributed by atoms with E-state index in [1.165, 1.54) is 16.2 Å². The van der Waals surface area contributed by atoms with Crippen molar-refractivity contribution >= 4 is 45.5 Å². The first-order chi connectivity index (χ1) is 14.6. The first-order valence-electron chi connectivity index (χ1n) is 9.90. The predicted octanol–water partition coefficient (Wildman–Crippen LogP) is 3.70. The van der Waals surface area contributed by atoms with E-state index in [4.69, 9.17) is 26.4 Å². The molecule has 0 bridgehead atoms. The number of thiocarbonyl (C=S) groups is 1. The number of rotatable bonds is 4. The summed E-state index contributed by atoms with van der Waals surface area (Å²) in [6.45, 7) is 3.01. The molecule has 1 aromatic carbocycles. The van der Waals surface area contributed by atoms with Crippen molar-refractivity contribution in [2.24, 2.45) is 0 Å². The van der Waals surface area contributed by atoms with Crippen molar-refractivity contribution in [1.29, 1.82) is 0 Å². The standard InChI is InChI=1S/C21H22N2O5S2/c1-2-26-20(25)17-13-5-3-4-6-16(13)30-19(17)23-21(29)22-18(24)12-7-8-14-15(11-12)28-10-9-27-14/h7-8,11H,2-6,9-10H2,1H3,(H2,22,23,24,29). The summed E-state index contributed by atoms with van der Waals surface area (Å²) in [6, 6.07) is 4.98. The number of ether oxygens (including phenoxy) is 3. The van der Waals surface area contributed by atoms with Crippen LogP contribution in [0.5, 0.6) is 11.5 Å². The molecular formula is C21H22N2O5S2. The highest BCUT2D eigenvalue weighted by molar-refractivity contribution is 7.80. The second kappa shape index (κ2) is 9.01. The van der Waals surface area contributed by atoms with E-state index >= 15 is 0 Å². The lowest BCUT2D eigenvalue weighted by Gasteiger charge is -2.18. The molecule has 1 aliphatic heterocycles. The van der Waals surface area contributed by atoms with E-state index in [9.17, 15) is 9.59 Å². The zero-order valence-corrected chi connectivity index (χ0v) is 18.2. The number of esters is 1. The summed E-state index contributed by atoms with van der Waals surface area (Å²) in [7, 11) is 0. The number of benzene rings is 1. The molecule has 0 saturated heterocycles. The average molecular weight is 447 g/mol. The molecule has 0 atom stereocenters. The van der Waals surface area contributed by atoms with Crippen LogP contribution in [0.3, 0.4) is 0 Å². The number of nitrogens with one attached hydrogen (secondary N) is 2. The Balaban J connectivity index is 1.49. The van der Waals surface area contributed by atoms with Crippen molar-refractivity contribution in [3.63, 3.8) is 0 Å². The van der Waals surface area contributed by atoms with Crippen LogP contribution in [0.1, 0.15) is 50.9 Å². The van der Waals surface area contributed by atoms with E-state index in [2.05, 4.69) is 10.6 Å². The van der Waals surface area contributed by atoms with Crippen molar-refractivity contribution in [2.45, 2.75) is 32.6 Å². The van der Waals surface area contributed by atoms with Crippen molar-refractivity contribution in [3.05, 3.63) is 39.8 Å². The third-order valence-electron chi connectivity index (χ3n) is 4.91. The second-order valence-electron chi connectivity index (χ2n) is 6.90. The Morgan fingerprint density at radius 1 is 1.17 bits per heavy atom. The summed E-state index contributed by atoms with van der Waals surface area (Å²) in [5, 5.41) is 6.44. The van der Waals surface area contributed by atoms with Gasteiger partial charge in [-0.2, -0.15) is 0 Å². The summed E-state index contributed by atoms with van der Waals surface area (Å²) in [5.41, 5.74) is 1.97. The molecule has 0 fully saturated rings. The molecule has 158 valence electrons. The SMILES string of the molecule is CCOC(=O)c1c(NC(=S)NC(=O)c2ccc3c(c2)OCCO3)sc2c1CCCC2. The molecule has 0 spiro atoms. The van der Waals surface area contributed by atoms with Crippen LogP contribution in [-0.4, -0.2) is 36.8 Å². The monoisotopic (exact) mass is 446 g/mol. The number of anilines is 1. The van der Waals surface area contributed by atoms with Gasteiger partial charge in [0, 0.05) is 10.4 Å². The number of carbonyl (C=O) groups is 2. The molecule has 0 saturated carbocycles. The fraction of sp³-hybridized carbons (Fsp3) is 0.381. The van der Waals surface area contributed by atoms with Gasteiger partial charge >= 0.3 is 5.97 Å². The number of thiophene rings is 1. The molecule has 0 unspecified atom stereocenters. The molecule has 1 aliphatic carbocycles. The highest BCUT2D eigenvalue weighted by atomic mass is 32.1. The van der Waals surface area contributed by atoms with Gasteiger partial charge in [-0.25, -0.2) is 4.79 Å².